The van der Waals surface area contributed by atoms with Crippen LogP contribution in [0, 0.1) is 0 Å². The summed E-state index contributed by atoms with van der Waals surface area (Å²) in [5.41, 5.74) is 18.3. The first-order chi connectivity index (χ1) is 29.5. The van der Waals surface area contributed by atoms with Gasteiger partial charge in [-0.1, -0.05) is 172 Å². The lowest BCUT2D eigenvalue weighted by Gasteiger charge is -2.28. The van der Waals surface area contributed by atoms with Crippen molar-refractivity contribution in [1.82, 2.24) is 0 Å². The zero-order valence-electron chi connectivity index (χ0n) is 33.8. The van der Waals surface area contributed by atoms with Crippen LogP contribution in [0.2, 0.25) is 0 Å². The van der Waals surface area contributed by atoms with Gasteiger partial charge < -0.3 is 4.90 Å². The number of para-hydroxylation sites is 1. The molecule has 0 atom stereocenters. The van der Waals surface area contributed by atoms with Crippen LogP contribution < -0.4 is 4.90 Å². The van der Waals surface area contributed by atoms with Gasteiger partial charge in [0, 0.05) is 22.5 Å². The van der Waals surface area contributed by atoms with Gasteiger partial charge in [0.1, 0.15) is 0 Å². The van der Waals surface area contributed by atoms with Crippen LogP contribution in [0.1, 0.15) is 25.0 Å². The van der Waals surface area contributed by atoms with Crippen LogP contribution >= 0.6 is 0 Å². The fourth-order valence-electron chi connectivity index (χ4n) is 9.54. The first-order valence-electron chi connectivity index (χ1n) is 20.9. The third kappa shape index (κ3) is 6.10. The summed E-state index contributed by atoms with van der Waals surface area (Å²) in [5.74, 6) is 0. The molecule has 60 heavy (non-hydrogen) atoms. The Kier molecular flexibility index (Phi) is 8.57. The number of hydrogen-bond donors (Lipinski definition) is 0. The maximum absolute atomic E-state index is 2.45. The highest BCUT2D eigenvalue weighted by Gasteiger charge is 2.36. The molecule has 1 nitrogen and oxygen atoms in total. The lowest BCUT2D eigenvalue weighted by molar-refractivity contribution is 0.660. The zero-order chi connectivity index (χ0) is 40.2. The highest BCUT2D eigenvalue weighted by Crippen LogP contribution is 2.52. The van der Waals surface area contributed by atoms with Crippen LogP contribution in [0.15, 0.2) is 224 Å². The molecule has 0 heterocycles. The number of nitrogens with zero attached hydrogens (tertiary/aromatic N) is 1. The molecule has 0 amide bonds. The smallest absolute Gasteiger partial charge is 0.0465 e. The molecular formula is C59H43N. The van der Waals surface area contributed by atoms with Gasteiger partial charge in [0.15, 0.2) is 0 Å². The van der Waals surface area contributed by atoms with Gasteiger partial charge in [-0.05, 0) is 155 Å². The summed E-state index contributed by atoms with van der Waals surface area (Å²) >= 11 is 0. The summed E-state index contributed by atoms with van der Waals surface area (Å²) in [4.78, 5) is 2.39. The zero-order valence-corrected chi connectivity index (χ0v) is 33.8. The van der Waals surface area contributed by atoms with E-state index in [0.717, 1.165) is 17.1 Å². The average Bonchev–Trinajstić information content (AvgIpc) is 3.54. The predicted octanol–water partition coefficient (Wildman–Crippen LogP) is 16.4. The molecule has 0 bridgehead atoms. The normalized spacial score (nSPS) is 12.6. The van der Waals surface area contributed by atoms with E-state index in [9.17, 15) is 0 Å². The van der Waals surface area contributed by atoms with Gasteiger partial charge in [-0.15, -0.1) is 0 Å². The molecule has 10 aromatic rings. The van der Waals surface area contributed by atoms with E-state index in [1.165, 1.54) is 88.3 Å². The second-order valence-corrected chi connectivity index (χ2v) is 16.6. The minimum absolute atomic E-state index is 0.199. The lowest BCUT2D eigenvalue weighted by Crippen LogP contribution is -2.16. The SMILES string of the molecule is CC1(C)c2cc(-c3cc4ccccc4c4ccccc34)ccc2-c2ccc(N(c3ccccc3)c3ccc(-c4cc(-c5ccccc5)cc(-c5ccccc5)c4)cc3)cc21. The van der Waals surface area contributed by atoms with E-state index < -0.39 is 0 Å². The summed E-state index contributed by atoms with van der Waals surface area (Å²) < 4.78 is 0. The molecular weight excluding hydrogens is 723 g/mol. The van der Waals surface area contributed by atoms with Crippen molar-refractivity contribution in [3.63, 3.8) is 0 Å². The number of anilines is 3. The average molecular weight is 766 g/mol. The quantitative estimate of drug-likeness (QED) is 0.146. The van der Waals surface area contributed by atoms with Gasteiger partial charge in [0.25, 0.3) is 0 Å². The van der Waals surface area contributed by atoms with Gasteiger partial charge in [-0.25, -0.2) is 0 Å². The van der Waals surface area contributed by atoms with Crippen molar-refractivity contribution >= 4 is 38.6 Å². The fraction of sp³-hybridized carbons (Fsp3) is 0.0508. The highest BCUT2D eigenvalue weighted by atomic mass is 15.1. The van der Waals surface area contributed by atoms with E-state index >= 15 is 0 Å². The fourth-order valence-corrected chi connectivity index (χ4v) is 9.54. The Labute approximate surface area is 352 Å². The molecule has 1 aliphatic carbocycles. The highest BCUT2D eigenvalue weighted by molar-refractivity contribution is 6.14. The molecule has 0 saturated carbocycles. The first kappa shape index (κ1) is 35.7. The number of benzene rings is 10. The Morgan fingerprint density at radius 1 is 0.283 bits per heavy atom. The number of rotatable bonds is 7. The monoisotopic (exact) mass is 765 g/mol. The molecule has 284 valence electrons. The van der Waals surface area contributed by atoms with Crippen molar-refractivity contribution in [2.75, 3.05) is 4.90 Å². The molecule has 0 saturated heterocycles. The van der Waals surface area contributed by atoms with Crippen molar-refractivity contribution < 1.29 is 0 Å². The Balaban J connectivity index is 0.979. The molecule has 0 aromatic heterocycles. The minimum atomic E-state index is -0.199. The summed E-state index contributed by atoms with van der Waals surface area (Å²) in [7, 11) is 0. The summed E-state index contributed by atoms with van der Waals surface area (Å²) in [5, 5.41) is 5.15. The standard InChI is InChI=1S/C59H43N/c1-59(2)57-38-44(56-37-43-20-12-13-23-51(43)52-24-14-15-25-53(52)56)28-32-54(57)55-33-31-50(39-58(55)59)60(48-21-10-5-11-22-48)49-29-26-42(27-30-49)47-35-45(40-16-6-3-7-17-40)34-46(36-47)41-18-8-4-9-19-41/h3-39H,1-2H3. The third-order valence-electron chi connectivity index (χ3n) is 12.6. The van der Waals surface area contributed by atoms with Crippen LogP contribution in [0.5, 0.6) is 0 Å². The summed E-state index contributed by atoms with van der Waals surface area (Å²) in [6, 6.07) is 82.3. The molecule has 1 heteroatoms. The van der Waals surface area contributed by atoms with Crippen molar-refractivity contribution in [2.24, 2.45) is 0 Å². The summed E-state index contributed by atoms with van der Waals surface area (Å²) in [6.07, 6.45) is 0. The maximum Gasteiger partial charge on any atom is 0.0465 e. The molecule has 0 fully saturated rings. The second-order valence-electron chi connectivity index (χ2n) is 16.6. The second kappa shape index (κ2) is 14.4. The van der Waals surface area contributed by atoms with Crippen LogP contribution in [-0.4, -0.2) is 0 Å². The van der Waals surface area contributed by atoms with Crippen molar-refractivity contribution in [3.05, 3.63) is 236 Å². The Bertz CT molecular complexity index is 3140. The van der Waals surface area contributed by atoms with Crippen molar-refractivity contribution in [1.29, 1.82) is 0 Å². The molecule has 11 rings (SSSR count). The molecule has 0 aliphatic heterocycles. The molecule has 1 aliphatic rings. The lowest BCUT2D eigenvalue weighted by atomic mass is 9.81. The van der Waals surface area contributed by atoms with Gasteiger partial charge in [0.05, 0.1) is 0 Å². The molecule has 10 aromatic carbocycles. The molecule has 0 unspecified atom stereocenters. The van der Waals surface area contributed by atoms with E-state index in [1.807, 2.05) is 0 Å². The molecule has 0 spiro atoms. The van der Waals surface area contributed by atoms with E-state index in [1.54, 1.807) is 0 Å². The predicted molar refractivity (Wildman–Crippen MR) is 255 cm³/mol. The van der Waals surface area contributed by atoms with Crippen LogP contribution in [0.25, 0.3) is 77.2 Å². The molecule has 0 radical (unpaired) electrons. The Morgan fingerprint density at radius 2 is 0.733 bits per heavy atom. The van der Waals surface area contributed by atoms with Gasteiger partial charge in [0.2, 0.25) is 0 Å². The van der Waals surface area contributed by atoms with E-state index in [4.69, 9.17) is 0 Å². The summed E-state index contributed by atoms with van der Waals surface area (Å²) in [6.45, 7) is 4.78. The third-order valence-corrected chi connectivity index (χ3v) is 12.6. The molecule has 0 N–H and O–H groups in total. The van der Waals surface area contributed by atoms with Crippen molar-refractivity contribution in [2.45, 2.75) is 19.3 Å². The number of fused-ring (bicyclic) bond motifs is 6. The largest absolute Gasteiger partial charge is 0.310 e. The van der Waals surface area contributed by atoms with E-state index in [0.29, 0.717) is 0 Å². The van der Waals surface area contributed by atoms with Crippen molar-refractivity contribution in [3.8, 4) is 55.6 Å². The topological polar surface area (TPSA) is 3.24 Å². The number of hydrogen-bond acceptors (Lipinski definition) is 1. The Morgan fingerprint density at radius 3 is 1.37 bits per heavy atom. The Hall–Kier alpha value is -7.48. The van der Waals surface area contributed by atoms with Gasteiger partial charge in [-0.2, -0.15) is 0 Å². The van der Waals surface area contributed by atoms with Gasteiger partial charge in [-0.3, -0.25) is 0 Å². The van der Waals surface area contributed by atoms with E-state index in [-0.39, 0.29) is 5.41 Å². The van der Waals surface area contributed by atoms with Crippen LogP contribution in [0.4, 0.5) is 17.1 Å². The van der Waals surface area contributed by atoms with Crippen LogP contribution in [0.3, 0.4) is 0 Å². The van der Waals surface area contributed by atoms with Gasteiger partial charge >= 0.3 is 0 Å². The minimum Gasteiger partial charge on any atom is -0.310 e. The first-order valence-corrected chi connectivity index (χ1v) is 20.9. The van der Waals surface area contributed by atoms with E-state index in [2.05, 4.69) is 243 Å². The maximum atomic E-state index is 2.45. The van der Waals surface area contributed by atoms with Crippen LogP contribution in [-0.2, 0) is 5.41 Å².